The summed E-state index contributed by atoms with van der Waals surface area (Å²) in [6.45, 7) is 2.72. The SMILES string of the molecule is COCCN(C1CCN(Cc2ccccc2S(C)(=O)=O)CC1)S(C)(=O)=O. The van der Waals surface area contributed by atoms with E-state index in [1.807, 2.05) is 12.1 Å². The molecule has 0 radical (unpaired) electrons. The van der Waals surface area contributed by atoms with E-state index in [0.29, 0.717) is 24.6 Å². The van der Waals surface area contributed by atoms with E-state index in [4.69, 9.17) is 4.74 Å². The van der Waals surface area contributed by atoms with Gasteiger partial charge in [0.2, 0.25) is 10.0 Å². The largest absolute Gasteiger partial charge is 0.383 e. The fourth-order valence-corrected chi connectivity index (χ4v) is 5.50. The van der Waals surface area contributed by atoms with Crippen molar-refractivity contribution in [3.63, 3.8) is 0 Å². The minimum Gasteiger partial charge on any atom is -0.383 e. The number of ether oxygens (including phenoxy) is 1. The molecule has 148 valence electrons. The number of rotatable bonds is 8. The summed E-state index contributed by atoms with van der Waals surface area (Å²) in [4.78, 5) is 2.54. The molecule has 0 bridgehead atoms. The maximum Gasteiger partial charge on any atom is 0.211 e. The first kappa shape index (κ1) is 21.3. The van der Waals surface area contributed by atoms with Crippen LogP contribution in [0.25, 0.3) is 0 Å². The molecule has 2 rings (SSSR count). The molecule has 0 aliphatic carbocycles. The standard InChI is InChI=1S/C17H28N2O5S2/c1-24-13-12-19(26(3,22)23)16-8-10-18(11-9-16)14-15-6-4-5-7-17(15)25(2,20)21/h4-7,16H,8-14H2,1-3H3. The normalized spacial score (nSPS) is 17.7. The molecule has 1 aromatic rings. The van der Waals surface area contributed by atoms with Crippen molar-refractivity contribution in [2.24, 2.45) is 0 Å². The fourth-order valence-electron chi connectivity index (χ4n) is 3.40. The van der Waals surface area contributed by atoms with Crippen molar-refractivity contribution < 1.29 is 21.6 Å². The van der Waals surface area contributed by atoms with E-state index in [-0.39, 0.29) is 6.04 Å². The number of hydrogen-bond donors (Lipinski definition) is 0. The monoisotopic (exact) mass is 404 g/mol. The quantitative estimate of drug-likeness (QED) is 0.642. The van der Waals surface area contributed by atoms with Crippen LogP contribution in [0.1, 0.15) is 18.4 Å². The van der Waals surface area contributed by atoms with Crippen LogP contribution in [0.2, 0.25) is 0 Å². The van der Waals surface area contributed by atoms with E-state index >= 15 is 0 Å². The molecule has 0 saturated carbocycles. The molecule has 1 aromatic carbocycles. The Morgan fingerprint density at radius 2 is 1.73 bits per heavy atom. The molecule has 9 heteroatoms. The van der Waals surface area contributed by atoms with Crippen molar-refractivity contribution in [1.82, 2.24) is 9.21 Å². The molecule has 0 aromatic heterocycles. The van der Waals surface area contributed by atoms with Crippen LogP contribution >= 0.6 is 0 Å². The van der Waals surface area contributed by atoms with Crippen molar-refractivity contribution in [2.45, 2.75) is 30.3 Å². The average Bonchev–Trinajstić information content (AvgIpc) is 2.55. The maximum atomic E-state index is 12.1. The summed E-state index contributed by atoms with van der Waals surface area (Å²) in [6, 6.07) is 7.00. The van der Waals surface area contributed by atoms with Gasteiger partial charge in [0.15, 0.2) is 9.84 Å². The lowest BCUT2D eigenvalue weighted by Gasteiger charge is -2.37. The summed E-state index contributed by atoms with van der Waals surface area (Å²) in [6.07, 6.45) is 3.89. The number of hydrogen-bond acceptors (Lipinski definition) is 6. The summed E-state index contributed by atoms with van der Waals surface area (Å²) < 4.78 is 54.6. The summed E-state index contributed by atoms with van der Waals surface area (Å²) >= 11 is 0. The first-order chi connectivity index (χ1) is 12.1. The molecule has 26 heavy (non-hydrogen) atoms. The third kappa shape index (κ3) is 5.75. The van der Waals surface area contributed by atoms with Crippen molar-refractivity contribution in [2.75, 3.05) is 45.9 Å². The second-order valence-electron chi connectivity index (χ2n) is 6.75. The second kappa shape index (κ2) is 8.79. The lowest BCUT2D eigenvalue weighted by atomic mass is 10.0. The fraction of sp³-hybridized carbons (Fsp3) is 0.647. The zero-order valence-corrected chi connectivity index (χ0v) is 17.2. The summed E-state index contributed by atoms with van der Waals surface area (Å²) in [5, 5.41) is 0. The van der Waals surface area contributed by atoms with Gasteiger partial charge < -0.3 is 4.74 Å². The van der Waals surface area contributed by atoms with Crippen molar-refractivity contribution in [3.05, 3.63) is 29.8 Å². The van der Waals surface area contributed by atoms with Crippen molar-refractivity contribution >= 4 is 19.9 Å². The smallest absolute Gasteiger partial charge is 0.211 e. The molecule has 0 N–H and O–H groups in total. The number of nitrogens with zero attached hydrogens (tertiary/aromatic N) is 2. The van der Waals surface area contributed by atoms with Crippen LogP contribution in [-0.4, -0.2) is 77.9 Å². The highest BCUT2D eigenvalue weighted by molar-refractivity contribution is 7.90. The number of piperidine rings is 1. The molecule has 0 unspecified atom stereocenters. The van der Waals surface area contributed by atoms with Crippen molar-refractivity contribution in [1.29, 1.82) is 0 Å². The summed E-state index contributed by atoms with van der Waals surface area (Å²) in [5.74, 6) is 0. The van der Waals surface area contributed by atoms with Gasteiger partial charge in [-0.3, -0.25) is 4.90 Å². The van der Waals surface area contributed by atoms with Gasteiger partial charge in [0.25, 0.3) is 0 Å². The number of sulfone groups is 1. The van der Waals surface area contributed by atoms with E-state index < -0.39 is 19.9 Å². The number of benzene rings is 1. The summed E-state index contributed by atoms with van der Waals surface area (Å²) in [5.41, 5.74) is 0.785. The zero-order chi connectivity index (χ0) is 19.4. The highest BCUT2D eigenvalue weighted by Crippen LogP contribution is 2.23. The molecule has 0 atom stereocenters. The van der Waals surface area contributed by atoms with E-state index in [1.54, 1.807) is 19.2 Å². The highest BCUT2D eigenvalue weighted by Gasteiger charge is 2.30. The van der Waals surface area contributed by atoms with Crippen LogP contribution in [-0.2, 0) is 31.1 Å². The first-order valence-electron chi connectivity index (χ1n) is 8.59. The van der Waals surface area contributed by atoms with Gasteiger partial charge in [-0.15, -0.1) is 0 Å². The minimum atomic E-state index is -3.28. The van der Waals surface area contributed by atoms with Crippen LogP contribution in [0.15, 0.2) is 29.2 Å². The van der Waals surface area contributed by atoms with Crippen LogP contribution in [0.3, 0.4) is 0 Å². The molecule has 1 aliphatic rings. The third-order valence-electron chi connectivity index (χ3n) is 4.67. The Morgan fingerprint density at radius 3 is 2.27 bits per heavy atom. The van der Waals surface area contributed by atoms with Crippen LogP contribution < -0.4 is 0 Å². The molecule has 1 aliphatic heterocycles. The molecule has 7 nitrogen and oxygen atoms in total. The zero-order valence-electron chi connectivity index (χ0n) is 15.6. The molecule has 1 saturated heterocycles. The van der Waals surface area contributed by atoms with E-state index in [9.17, 15) is 16.8 Å². The van der Waals surface area contributed by atoms with Gasteiger partial charge in [-0.1, -0.05) is 18.2 Å². The Hall–Kier alpha value is -1.00. The third-order valence-corrected chi connectivity index (χ3v) is 7.20. The van der Waals surface area contributed by atoms with E-state index in [2.05, 4.69) is 4.90 Å². The predicted molar refractivity (Wildman–Crippen MR) is 101 cm³/mol. The number of likely N-dealkylation sites (tertiary alicyclic amines) is 1. The number of methoxy groups -OCH3 is 1. The predicted octanol–water partition coefficient (Wildman–Crippen LogP) is 0.963. The van der Waals surface area contributed by atoms with Crippen LogP contribution in [0.4, 0.5) is 0 Å². The van der Waals surface area contributed by atoms with Gasteiger partial charge in [0.1, 0.15) is 0 Å². The molecule has 1 fully saturated rings. The Bertz CT molecular complexity index is 800. The molecule has 0 amide bonds. The molecule has 1 heterocycles. The van der Waals surface area contributed by atoms with Crippen LogP contribution in [0, 0.1) is 0 Å². The van der Waals surface area contributed by atoms with Gasteiger partial charge in [0.05, 0.1) is 17.8 Å². The van der Waals surface area contributed by atoms with Gasteiger partial charge in [-0.05, 0) is 24.5 Å². The van der Waals surface area contributed by atoms with Gasteiger partial charge in [-0.2, -0.15) is 4.31 Å². The topological polar surface area (TPSA) is 84.0 Å². The van der Waals surface area contributed by atoms with Gasteiger partial charge in [0, 0.05) is 45.6 Å². The second-order valence-corrected chi connectivity index (χ2v) is 10.7. The Balaban J connectivity index is 2.03. The highest BCUT2D eigenvalue weighted by atomic mass is 32.2. The Kier molecular flexibility index (Phi) is 7.20. The Labute approximate surface area is 156 Å². The van der Waals surface area contributed by atoms with Gasteiger partial charge in [-0.25, -0.2) is 16.8 Å². The lowest BCUT2D eigenvalue weighted by Crippen LogP contribution is -2.47. The Morgan fingerprint density at radius 1 is 1.12 bits per heavy atom. The average molecular weight is 405 g/mol. The van der Waals surface area contributed by atoms with Crippen LogP contribution in [0.5, 0.6) is 0 Å². The number of sulfonamides is 1. The lowest BCUT2D eigenvalue weighted by molar-refractivity contribution is 0.125. The van der Waals surface area contributed by atoms with Crippen molar-refractivity contribution in [3.8, 4) is 0 Å². The first-order valence-corrected chi connectivity index (χ1v) is 12.3. The molecule has 0 spiro atoms. The summed E-state index contributed by atoms with van der Waals surface area (Å²) in [7, 11) is -4.99. The molecular formula is C17H28N2O5S2. The maximum absolute atomic E-state index is 12.1. The molecular weight excluding hydrogens is 376 g/mol. The van der Waals surface area contributed by atoms with E-state index in [1.165, 1.54) is 16.8 Å². The minimum absolute atomic E-state index is 0.0402. The van der Waals surface area contributed by atoms with Gasteiger partial charge >= 0.3 is 0 Å². The van der Waals surface area contributed by atoms with E-state index in [0.717, 1.165) is 31.5 Å².